The highest BCUT2D eigenvalue weighted by Crippen LogP contribution is 2.39. The maximum atomic E-state index is 10.0. The Labute approximate surface area is 99.5 Å². The Hall–Kier alpha value is -0.980. The van der Waals surface area contributed by atoms with E-state index in [0.717, 1.165) is 17.5 Å². The zero-order valence-electron chi connectivity index (χ0n) is 11.4. The van der Waals surface area contributed by atoms with Crippen LogP contribution in [0.5, 0.6) is 5.75 Å². The van der Waals surface area contributed by atoms with Crippen LogP contribution in [-0.2, 0) is 5.41 Å². The van der Waals surface area contributed by atoms with Crippen molar-refractivity contribution in [2.24, 2.45) is 5.41 Å². The Bertz CT molecular complexity index is 370. The molecule has 0 spiro atoms. The van der Waals surface area contributed by atoms with Crippen LogP contribution in [-0.4, -0.2) is 5.11 Å². The summed E-state index contributed by atoms with van der Waals surface area (Å²) in [5, 5.41) is 10.0. The minimum Gasteiger partial charge on any atom is -0.508 e. The van der Waals surface area contributed by atoms with Gasteiger partial charge in [-0.1, -0.05) is 46.8 Å². The van der Waals surface area contributed by atoms with Crippen molar-refractivity contribution < 1.29 is 5.11 Å². The SMILES string of the molecule is Cc1ccc(C(C)(C)CC(C)(C)C)c(O)c1. The molecular formula is C15H24O. The third-order valence-corrected chi connectivity index (χ3v) is 2.85. The van der Waals surface area contributed by atoms with Crippen LogP contribution >= 0.6 is 0 Å². The molecule has 0 heterocycles. The summed E-state index contributed by atoms with van der Waals surface area (Å²) in [6.07, 6.45) is 1.05. The first-order valence-electron chi connectivity index (χ1n) is 5.92. The molecule has 1 aromatic carbocycles. The Morgan fingerprint density at radius 1 is 1.06 bits per heavy atom. The quantitative estimate of drug-likeness (QED) is 0.782. The molecule has 90 valence electrons. The summed E-state index contributed by atoms with van der Waals surface area (Å²) in [6.45, 7) is 13.1. The summed E-state index contributed by atoms with van der Waals surface area (Å²) in [7, 11) is 0. The van der Waals surface area contributed by atoms with Gasteiger partial charge in [0.15, 0.2) is 0 Å². The second-order valence-electron chi connectivity index (χ2n) is 6.64. The molecule has 0 aliphatic heterocycles. The van der Waals surface area contributed by atoms with E-state index in [-0.39, 0.29) is 10.8 Å². The number of phenolic OH excluding ortho intramolecular Hbond substituents is 1. The highest BCUT2D eigenvalue weighted by atomic mass is 16.3. The minimum absolute atomic E-state index is 0.00995. The molecule has 0 saturated carbocycles. The molecule has 1 rings (SSSR count). The number of benzene rings is 1. The molecule has 1 N–H and O–H groups in total. The number of phenols is 1. The van der Waals surface area contributed by atoms with Crippen molar-refractivity contribution >= 4 is 0 Å². The fourth-order valence-electron chi connectivity index (χ4n) is 2.64. The van der Waals surface area contributed by atoms with Crippen molar-refractivity contribution in [3.63, 3.8) is 0 Å². The minimum atomic E-state index is 0.00995. The van der Waals surface area contributed by atoms with Crippen molar-refractivity contribution in [3.05, 3.63) is 29.3 Å². The van der Waals surface area contributed by atoms with E-state index < -0.39 is 0 Å². The second-order valence-corrected chi connectivity index (χ2v) is 6.64. The Morgan fingerprint density at radius 2 is 1.62 bits per heavy atom. The molecular weight excluding hydrogens is 196 g/mol. The average molecular weight is 220 g/mol. The molecule has 0 radical (unpaired) electrons. The first kappa shape index (κ1) is 13.1. The standard InChI is InChI=1S/C15H24O/c1-11-7-8-12(13(16)9-11)15(5,6)10-14(2,3)4/h7-9,16H,10H2,1-6H3. The van der Waals surface area contributed by atoms with E-state index in [4.69, 9.17) is 0 Å². The van der Waals surface area contributed by atoms with E-state index in [1.165, 1.54) is 0 Å². The maximum Gasteiger partial charge on any atom is 0.119 e. The number of hydrogen-bond donors (Lipinski definition) is 1. The van der Waals surface area contributed by atoms with Crippen LogP contribution in [0.2, 0.25) is 0 Å². The van der Waals surface area contributed by atoms with E-state index in [0.29, 0.717) is 5.75 Å². The van der Waals surface area contributed by atoms with Gasteiger partial charge in [0.25, 0.3) is 0 Å². The first-order valence-corrected chi connectivity index (χ1v) is 5.92. The summed E-state index contributed by atoms with van der Waals surface area (Å²) in [6, 6.07) is 5.97. The second kappa shape index (κ2) is 4.12. The zero-order chi connectivity index (χ0) is 12.6. The van der Waals surface area contributed by atoms with Gasteiger partial charge < -0.3 is 5.11 Å². The molecule has 0 fully saturated rings. The van der Waals surface area contributed by atoms with Gasteiger partial charge in [0.1, 0.15) is 5.75 Å². The van der Waals surface area contributed by atoms with Gasteiger partial charge in [0.05, 0.1) is 0 Å². The fourth-order valence-corrected chi connectivity index (χ4v) is 2.64. The van der Waals surface area contributed by atoms with Gasteiger partial charge in [0, 0.05) is 0 Å². The van der Waals surface area contributed by atoms with Gasteiger partial charge in [-0.3, -0.25) is 0 Å². The predicted molar refractivity (Wildman–Crippen MR) is 69.9 cm³/mol. The molecule has 0 saturated heterocycles. The van der Waals surface area contributed by atoms with Crippen molar-refractivity contribution in [2.45, 2.75) is 53.4 Å². The number of aryl methyl sites for hydroxylation is 1. The van der Waals surface area contributed by atoms with Gasteiger partial charge in [-0.2, -0.15) is 0 Å². The normalized spacial score (nSPS) is 12.9. The van der Waals surface area contributed by atoms with E-state index in [9.17, 15) is 5.11 Å². The van der Waals surface area contributed by atoms with Gasteiger partial charge in [0.2, 0.25) is 0 Å². The summed E-state index contributed by atoms with van der Waals surface area (Å²) >= 11 is 0. The van der Waals surface area contributed by atoms with Crippen LogP contribution in [0.4, 0.5) is 0 Å². The smallest absolute Gasteiger partial charge is 0.119 e. The predicted octanol–water partition coefficient (Wildman–Crippen LogP) is 4.41. The lowest BCUT2D eigenvalue weighted by Crippen LogP contribution is -2.24. The largest absolute Gasteiger partial charge is 0.508 e. The van der Waals surface area contributed by atoms with Gasteiger partial charge in [-0.05, 0) is 41.4 Å². The number of aromatic hydroxyl groups is 1. The summed E-state index contributed by atoms with van der Waals surface area (Å²) < 4.78 is 0. The highest BCUT2D eigenvalue weighted by Gasteiger charge is 2.29. The lowest BCUT2D eigenvalue weighted by molar-refractivity contribution is 0.278. The van der Waals surface area contributed by atoms with Gasteiger partial charge in [-0.25, -0.2) is 0 Å². The zero-order valence-corrected chi connectivity index (χ0v) is 11.4. The average Bonchev–Trinajstić information content (AvgIpc) is 1.97. The molecule has 0 atom stereocenters. The number of rotatable bonds is 2. The molecule has 0 aromatic heterocycles. The fraction of sp³-hybridized carbons (Fsp3) is 0.600. The topological polar surface area (TPSA) is 20.2 Å². The van der Waals surface area contributed by atoms with E-state index in [1.807, 2.05) is 13.0 Å². The highest BCUT2D eigenvalue weighted by molar-refractivity contribution is 5.40. The molecule has 1 nitrogen and oxygen atoms in total. The monoisotopic (exact) mass is 220 g/mol. The molecule has 1 heteroatoms. The van der Waals surface area contributed by atoms with Crippen LogP contribution < -0.4 is 0 Å². The lowest BCUT2D eigenvalue weighted by atomic mass is 9.72. The van der Waals surface area contributed by atoms with Crippen LogP contribution in [0.25, 0.3) is 0 Å². The molecule has 0 amide bonds. The molecule has 0 aliphatic carbocycles. The third-order valence-electron chi connectivity index (χ3n) is 2.85. The van der Waals surface area contributed by atoms with Crippen molar-refractivity contribution in [1.29, 1.82) is 0 Å². The lowest BCUT2D eigenvalue weighted by Gasteiger charge is -2.33. The molecule has 0 bridgehead atoms. The maximum absolute atomic E-state index is 10.0. The Kier molecular flexibility index (Phi) is 3.37. The third kappa shape index (κ3) is 3.26. The molecule has 1 aromatic rings. The van der Waals surface area contributed by atoms with E-state index >= 15 is 0 Å². The Balaban J connectivity index is 3.07. The Morgan fingerprint density at radius 3 is 2.06 bits per heavy atom. The number of hydrogen-bond acceptors (Lipinski definition) is 1. The molecule has 0 unspecified atom stereocenters. The van der Waals surface area contributed by atoms with Crippen LogP contribution in [0, 0.1) is 12.3 Å². The first-order chi connectivity index (χ1) is 7.12. The van der Waals surface area contributed by atoms with Gasteiger partial charge in [-0.15, -0.1) is 0 Å². The summed E-state index contributed by atoms with van der Waals surface area (Å²) in [4.78, 5) is 0. The van der Waals surface area contributed by atoms with Crippen molar-refractivity contribution in [2.75, 3.05) is 0 Å². The van der Waals surface area contributed by atoms with E-state index in [2.05, 4.69) is 46.8 Å². The van der Waals surface area contributed by atoms with Crippen molar-refractivity contribution in [3.8, 4) is 5.75 Å². The van der Waals surface area contributed by atoms with Gasteiger partial charge >= 0.3 is 0 Å². The summed E-state index contributed by atoms with van der Waals surface area (Å²) in [5.74, 6) is 0.425. The van der Waals surface area contributed by atoms with Crippen molar-refractivity contribution in [1.82, 2.24) is 0 Å². The van der Waals surface area contributed by atoms with E-state index in [1.54, 1.807) is 0 Å². The molecule has 16 heavy (non-hydrogen) atoms. The van der Waals surface area contributed by atoms with Crippen LogP contribution in [0.15, 0.2) is 18.2 Å². The van der Waals surface area contributed by atoms with Crippen LogP contribution in [0.1, 0.15) is 52.2 Å². The molecule has 0 aliphatic rings. The summed E-state index contributed by atoms with van der Waals surface area (Å²) in [5.41, 5.74) is 2.43. The van der Waals surface area contributed by atoms with Crippen LogP contribution in [0.3, 0.4) is 0 Å².